The van der Waals surface area contributed by atoms with Crippen LogP contribution in [0.25, 0.3) is 0 Å². The van der Waals surface area contributed by atoms with Gasteiger partial charge in [0, 0.05) is 29.9 Å². The van der Waals surface area contributed by atoms with Crippen molar-refractivity contribution >= 4 is 33.2 Å². The number of methoxy groups -OCH3 is 1. The van der Waals surface area contributed by atoms with Crippen LogP contribution in [-0.4, -0.2) is 16.9 Å². The second kappa shape index (κ2) is 6.30. The zero-order valence-corrected chi connectivity index (χ0v) is 13.1. The number of halogens is 2. The Kier molecular flexibility index (Phi) is 4.71. The molecule has 1 N–H and O–H groups in total. The molecular weight excluding hydrogens is 330 g/mol. The average Bonchev–Trinajstić information content (AvgIpc) is 2.83. The minimum absolute atomic E-state index is 0.652. The lowest BCUT2D eigenvalue weighted by atomic mass is 10.2. The molecule has 0 aliphatic carbocycles. The van der Waals surface area contributed by atoms with Crippen molar-refractivity contribution in [1.82, 2.24) is 9.78 Å². The van der Waals surface area contributed by atoms with E-state index in [-0.39, 0.29) is 0 Å². The Hall–Kier alpha value is -1.20. The van der Waals surface area contributed by atoms with Crippen molar-refractivity contribution < 1.29 is 4.74 Å². The average molecular weight is 345 g/mol. The van der Waals surface area contributed by atoms with E-state index in [0.29, 0.717) is 11.6 Å². The fraction of sp³-hybridized carbons (Fsp3) is 0.308. The maximum Gasteiger partial charge on any atom is 0.156 e. The van der Waals surface area contributed by atoms with Gasteiger partial charge in [-0.1, -0.05) is 11.6 Å². The number of hydrogen-bond donors (Lipinski definition) is 1. The van der Waals surface area contributed by atoms with Gasteiger partial charge in [0.2, 0.25) is 0 Å². The zero-order valence-electron chi connectivity index (χ0n) is 10.8. The fourth-order valence-corrected chi connectivity index (χ4v) is 2.74. The molecule has 2 rings (SSSR count). The molecule has 0 saturated heterocycles. The second-order valence-corrected chi connectivity index (χ2v) is 5.32. The van der Waals surface area contributed by atoms with Crippen LogP contribution in [0.5, 0.6) is 5.75 Å². The first-order valence-electron chi connectivity index (χ1n) is 5.92. The number of ether oxygens (including phenoxy) is 1. The van der Waals surface area contributed by atoms with Crippen molar-refractivity contribution in [3.63, 3.8) is 0 Å². The van der Waals surface area contributed by atoms with E-state index in [1.807, 2.05) is 23.1 Å². The normalized spacial score (nSPS) is 10.5. The van der Waals surface area contributed by atoms with Crippen molar-refractivity contribution in [3.8, 4) is 5.75 Å². The van der Waals surface area contributed by atoms with Gasteiger partial charge in [0.25, 0.3) is 0 Å². The van der Waals surface area contributed by atoms with Crippen LogP contribution in [0.3, 0.4) is 0 Å². The Morgan fingerprint density at radius 3 is 2.89 bits per heavy atom. The van der Waals surface area contributed by atoms with Gasteiger partial charge in [-0.3, -0.25) is 4.68 Å². The first-order valence-corrected chi connectivity index (χ1v) is 7.09. The summed E-state index contributed by atoms with van der Waals surface area (Å²) in [4.78, 5) is 0. The molecule has 0 unspecified atom stereocenters. The number of nitrogens with one attached hydrogen (secondary N) is 1. The van der Waals surface area contributed by atoms with E-state index >= 15 is 0 Å². The first-order chi connectivity index (χ1) is 9.13. The van der Waals surface area contributed by atoms with Gasteiger partial charge in [-0.2, -0.15) is 5.10 Å². The standard InChI is InChI=1S/C13H15BrClN3O/c1-3-18-8-9(7-17-18)6-16-12-5-10(15)4-11(14)13(12)19-2/h4-5,7-8,16H,3,6H2,1-2H3. The van der Waals surface area contributed by atoms with E-state index in [2.05, 4.69) is 33.3 Å². The number of anilines is 1. The maximum atomic E-state index is 6.05. The summed E-state index contributed by atoms with van der Waals surface area (Å²) in [5, 5.41) is 8.19. The summed E-state index contributed by atoms with van der Waals surface area (Å²) in [6, 6.07) is 3.65. The summed E-state index contributed by atoms with van der Waals surface area (Å²) >= 11 is 9.48. The summed E-state index contributed by atoms with van der Waals surface area (Å²) in [6.45, 7) is 3.59. The van der Waals surface area contributed by atoms with Crippen LogP contribution in [0.1, 0.15) is 12.5 Å². The van der Waals surface area contributed by atoms with Gasteiger partial charge in [-0.05, 0) is 35.0 Å². The van der Waals surface area contributed by atoms with E-state index in [4.69, 9.17) is 16.3 Å². The molecule has 0 bridgehead atoms. The van der Waals surface area contributed by atoms with E-state index in [0.717, 1.165) is 28.0 Å². The highest BCUT2D eigenvalue weighted by Crippen LogP contribution is 2.36. The minimum atomic E-state index is 0.652. The van der Waals surface area contributed by atoms with E-state index in [1.54, 1.807) is 13.2 Å². The van der Waals surface area contributed by atoms with Crippen molar-refractivity contribution in [2.75, 3.05) is 12.4 Å². The lowest BCUT2D eigenvalue weighted by molar-refractivity contribution is 0.414. The smallest absolute Gasteiger partial charge is 0.156 e. The van der Waals surface area contributed by atoms with Gasteiger partial charge >= 0.3 is 0 Å². The highest BCUT2D eigenvalue weighted by molar-refractivity contribution is 9.10. The molecule has 0 saturated carbocycles. The molecule has 19 heavy (non-hydrogen) atoms. The van der Waals surface area contributed by atoms with Crippen LogP contribution in [0, 0.1) is 0 Å². The Bertz CT molecular complexity index is 571. The molecule has 0 aliphatic rings. The van der Waals surface area contributed by atoms with Gasteiger partial charge in [0.15, 0.2) is 5.75 Å². The van der Waals surface area contributed by atoms with Crippen molar-refractivity contribution in [2.24, 2.45) is 0 Å². The Balaban J connectivity index is 2.14. The molecule has 0 fully saturated rings. The Labute approximate surface area is 125 Å². The number of hydrogen-bond acceptors (Lipinski definition) is 3. The predicted octanol–water partition coefficient (Wildman–Crippen LogP) is 3.94. The maximum absolute atomic E-state index is 6.05. The number of nitrogens with zero attached hydrogens (tertiary/aromatic N) is 2. The lowest BCUT2D eigenvalue weighted by Gasteiger charge is -2.12. The number of rotatable bonds is 5. The van der Waals surface area contributed by atoms with Crippen LogP contribution in [0.4, 0.5) is 5.69 Å². The highest BCUT2D eigenvalue weighted by Gasteiger charge is 2.09. The van der Waals surface area contributed by atoms with Crippen LogP contribution < -0.4 is 10.1 Å². The number of aromatic nitrogens is 2. The SMILES string of the molecule is CCn1cc(CNc2cc(Cl)cc(Br)c2OC)cn1. The fourth-order valence-electron chi connectivity index (χ4n) is 1.77. The molecule has 0 radical (unpaired) electrons. The third-order valence-electron chi connectivity index (χ3n) is 2.71. The molecule has 0 aliphatic heterocycles. The van der Waals surface area contributed by atoms with Crippen molar-refractivity contribution in [1.29, 1.82) is 0 Å². The van der Waals surface area contributed by atoms with E-state index in [9.17, 15) is 0 Å². The number of aryl methyl sites for hydroxylation is 1. The lowest BCUT2D eigenvalue weighted by Crippen LogP contribution is -2.01. The molecule has 1 aromatic heterocycles. The molecule has 0 spiro atoms. The molecule has 4 nitrogen and oxygen atoms in total. The molecule has 2 aromatic rings. The molecule has 1 heterocycles. The summed E-state index contributed by atoms with van der Waals surface area (Å²) in [7, 11) is 1.63. The monoisotopic (exact) mass is 343 g/mol. The topological polar surface area (TPSA) is 39.1 Å². The number of benzene rings is 1. The van der Waals surface area contributed by atoms with Crippen LogP contribution >= 0.6 is 27.5 Å². The summed E-state index contributed by atoms with van der Waals surface area (Å²) in [5.41, 5.74) is 1.96. The summed E-state index contributed by atoms with van der Waals surface area (Å²) < 4.78 is 8.08. The Morgan fingerprint density at radius 1 is 1.47 bits per heavy atom. The summed E-state index contributed by atoms with van der Waals surface area (Å²) in [6.07, 6.45) is 3.86. The van der Waals surface area contributed by atoms with E-state index in [1.165, 1.54) is 0 Å². The van der Waals surface area contributed by atoms with Crippen LogP contribution in [0.2, 0.25) is 5.02 Å². The molecule has 0 amide bonds. The predicted molar refractivity (Wildman–Crippen MR) is 80.9 cm³/mol. The van der Waals surface area contributed by atoms with Gasteiger partial charge < -0.3 is 10.1 Å². The molecule has 0 atom stereocenters. The van der Waals surface area contributed by atoms with Gasteiger partial charge in [-0.15, -0.1) is 0 Å². The van der Waals surface area contributed by atoms with Gasteiger partial charge in [0.1, 0.15) is 0 Å². The summed E-state index contributed by atoms with van der Waals surface area (Å²) in [5.74, 6) is 0.743. The largest absolute Gasteiger partial charge is 0.493 e. The van der Waals surface area contributed by atoms with Crippen molar-refractivity contribution in [2.45, 2.75) is 20.0 Å². The third kappa shape index (κ3) is 3.42. The second-order valence-electron chi connectivity index (χ2n) is 4.03. The van der Waals surface area contributed by atoms with Crippen molar-refractivity contribution in [3.05, 3.63) is 39.6 Å². The highest BCUT2D eigenvalue weighted by atomic mass is 79.9. The Morgan fingerprint density at radius 2 is 2.26 bits per heavy atom. The van der Waals surface area contributed by atoms with E-state index < -0.39 is 0 Å². The molecule has 6 heteroatoms. The van der Waals surface area contributed by atoms with Crippen LogP contribution in [0.15, 0.2) is 29.0 Å². The zero-order chi connectivity index (χ0) is 13.8. The van der Waals surface area contributed by atoms with Crippen LogP contribution in [-0.2, 0) is 13.1 Å². The minimum Gasteiger partial charge on any atom is -0.493 e. The quantitative estimate of drug-likeness (QED) is 0.893. The first kappa shape index (κ1) is 14.2. The third-order valence-corrected chi connectivity index (χ3v) is 3.51. The molecule has 1 aromatic carbocycles. The molecule has 102 valence electrons. The molecular formula is C13H15BrClN3O. The van der Waals surface area contributed by atoms with Gasteiger partial charge in [-0.25, -0.2) is 0 Å². The van der Waals surface area contributed by atoms with Gasteiger partial charge in [0.05, 0.1) is 23.5 Å².